The molecule has 3 aromatic rings. The summed E-state index contributed by atoms with van der Waals surface area (Å²) in [4.78, 5) is 16.8. The summed E-state index contributed by atoms with van der Waals surface area (Å²) < 4.78 is 10.6. The number of hydrogen-bond donors (Lipinski definition) is 1. The molecule has 28 heavy (non-hydrogen) atoms. The van der Waals surface area contributed by atoms with Crippen LogP contribution in [0.15, 0.2) is 48.7 Å². The predicted molar refractivity (Wildman–Crippen MR) is 109 cm³/mol. The van der Waals surface area contributed by atoms with Crippen LogP contribution in [0.3, 0.4) is 0 Å². The Morgan fingerprint density at radius 1 is 1.07 bits per heavy atom. The van der Waals surface area contributed by atoms with Crippen molar-refractivity contribution in [3.8, 4) is 11.5 Å². The van der Waals surface area contributed by atoms with Gasteiger partial charge in [-0.05, 0) is 42.0 Å². The van der Waals surface area contributed by atoms with Gasteiger partial charge in [0.1, 0.15) is 11.4 Å². The van der Waals surface area contributed by atoms with Crippen LogP contribution in [0.2, 0.25) is 5.02 Å². The van der Waals surface area contributed by atoms with Crippen LogP contribution in [-0.4, -0.2) is 35.5 Å². The first kappa shape index (κ1) is 18.7. The van der Waals surface area contributed by atoms with Crippen LogP contribution >= 0.6 is 23.2 Å². The molecule has 1 aromatic heterocycles. The molecule has 1 N–H and O–H groups in total. The molecule has 0 saturated carbocycles. The summed E-state index contributed by atoms with van der Waals surface area (Å²) in [7, 11) is 3.14. The molecule has 0 bridgehead atoms. The molecule has 1 aliphatic heterocycles. The molecule has 144 valence electrons. The van der Waals surface area contributed by atoms with Crippen molar-refractivity contribution in [3.05, 3.63) is 59.2 Å². The molecule has 2 heterocycles. The number of hydrogen-bond acceptors (Lipinski definition) is 5. The number of nitrogens with zero attached hydrogens (tertiary/aromatic N) is 2. The number of fused-ring (bicyclic) bond motifs is 1. The van der Waals surface area contributed by atoms with Crippen molar-refractivity contribution in [2.75, 3.05) is 19.6 Å². The molecular formula is C20H17Cl2N3O3. The van der Waals surface area contributed by atoms with Gasteiger partial charge in [0.05, 0.1) is 25.4 Å². The first-order valence-corrected chi connectivity index (χ1v) is 9.35. The molecule has 8 heteroatoms. The van der Waals surface area contributed by atoms with E-state index in [2.05, 4.69) is 10.4 Å². The van der Waals surface area contributed by atoms with E-state index in [1.54, 1.807) is 44.7 Å². The Balaban J connectivity index is 1.67. The van der Waals surface area contributed by atoms with Crippen LogP contribution in [0.5, 0.6) is 11.5 Å². The van der Waals surface area contributed by atoms with Gasteiger partial charge in [0.15, 0.2) is 11.5 Å². The lowest BCUT2D eigenvalue weighted by Gasteiger charge is -2.44. The SMILES string of the molecule is COc1ccc(C2C(Cl)C(=O)N2Nc2ccnc3cc(Cl)ccc23)cc1OC. The number of carbonyl (C=O) groups is 1. The number of ether oxygens (including phenoxy) is 2. The van der Waals surface area contributed by atoms with Crippen molar-refractivity contribution in [2.45, 2.75) is 11.4 Å². The normalized spacial score (nSPS) is 18.7. The van der Waals surface area contributed by atoms with Crippen LogP contribution in [0, 0.1) is 0 Å². The van der Waals surface area contributed by atoms with Crippen LogP contribution in [0.4, 0.5) is 5.69 Å². The fourth-order valence-corrected chi connectivity index (χ4v) is 3.81. The number of β-lactam (4-membered cyclic amide) rings is 1. The summed E-state index contributed by atoms with van der Waals surface area (Å²) in [6.07, 6.45) is 1.66. The van der Waals surface area contributed by atoms with Crippen molar-refractivity contribution in [3.63, 3.8) is 0 Å². The second kappa shape index (κ2) is 7.37. The molecule has 2 unspecified atom stereocenters. The third-order valence-corrected chi connectivity index (χ3v) is 5.38. The van der Waals surface area contributed by atoms with E-state index in [9.17, 15) is 4.79 Å². The van der Waals surface area contributed by atoms with Crippen molar-refractivity contribution in [1.82, 2.24) is 9.99 Å². The number of methoxy groups -OCH3 is 2. The van der Waals surface area contributed by atoms with Crippen LogP contribution in [0.1, 0.15) is 11.6 Å². The fraction of sp³-hybridized carbons (Fsp3) is 0.200. The Kier molecular flexibility index (Phi) is 4.91. The average molecular weight is 418 g/mol. The fourth-order valence-electron chi connectivity index (χ4n) is 3.28. The molecule has 6 nitrogen and oxygen atoms in total. The lowest BCUT2D eigenvalue weighted by molar-refractivity contribution is -0.143. The quantitative estimate of drug-likeness (QED) is 0.491. The summed E-state index contributed by atoms with van der Waals surface area (Å²) >= 11 is 12.4. The predicted octanol–water partition coefficient (Wildman–Crippen LogP) is 4.42. The third-order valence-electron chi connectivity index (χ3n) is 4.72. The number of alkyl halides is 1. The Labute approximate surface area is 171 Å². The van der Waals surface area contributed by atoms with Gasteiger partial charge in [-0.1, -0.05) is 17.7 Å². The Hall–Kier alpha value is -2.70. The van der Waals surface area contributed by atoms with E-state index in [0.29, 0.717) is 16.5 Å². The van der Waals surface area contributed by atoms with E-state index >= 15 is 0 Å². The first-order valence-electron chi connectivity index (χ1n) is 8.53. The summed E-state index contributed by atoms with van der Waals surface area (Å²) in [6.45, 7) is 0. The molecule has 0 aliphatic carbocycles. The van der Waals surface area contributed by atoms with Crippen LogP contribution in [0.25, 0.3) is 10.9 Å². The molecule has 1 saturated heterocycles. The maximum atomic E-state index is 12.5. The maximum Gasteiger partial charge on any atom is 0.262 e. The number of halogens is 2. The van der Waals surface area contributed by atoms with Crippen molar-refractivity contribution in [2.24, 2.45) is 0 Å². The molecule has 2 atom stereocenters. The first-order chi connectivity index (χ1) is 13.5. The molecule has 0 spiro atoms. The smallest absolute Gasteiger partial charge is 0.262 e. The molecule has 1 fully saturated rings. The van der Waals surface area contributed by atoms with Crippen molar-refractivity contribution >= 4 is 45.7 Å². The zero-order valence-electron chi connectivity index (χ0n) is 15.1. The number of amides is 1. The summed E-state index contributed by atoms with van der Waals surface area (Å²) in [5, 5.41) is 2.29. The number of pyridine rings is 1. The highest BCUT2D eigenvalue weighted by Crippen LogP contribution is 2.42. The van der Waals surface area contributed by atoms with Gasteiger partial charge in [-0.3, -0.25) is 15.2 Å². The molecule has 4 rings (SSSR count). The zero-order valence-corrected chi connectivity index (χ0v) is 16.7. The summed E-state index contributed by atoms with van der Waals surface area (Å²) in [5.74, 6) is 0.979. The highest BCUT2D eigenvalue weighted by atomic mass is 35.5. The standard InChI is InChI=1S/C20H17Cl2N3O3/c1-27-16-6-3-11(9-17(16)28-2)19-18(22)20(26)25(19)24-14-7-8-23-15-10-12(21)4-5-13(14)15/h3-10,18-19H,1-2H3,(H,23,24). The molecular weight excluding hydrogens is 401 g/mol. The molecule has 0 radical (unpaired) electrons. The number of carbonyl (C=O) groups excluding carboxylic acids is 1. The van der Waals surface area contributed by atoms with E-state index in [1.807, 2.05) is 18.2 Å². The van der Waals surface area contributed by atoms with Gasteiger partial charge in [-0.2, -0.15) is 0 Å². The zero-order chi connectivity index (χ0) is 19.8. The number of rotatable bonds is 5. The highest BCUT2D eigenvalue weighted by molar-refractivity contribution is 6.34. The number of benzene rings is 2. The Morgan fingerprint density at radius 3 is 2.61 bits per heavy atom. The van der Waals surface area contributed by atoms with E-state index in [0.717, 1.165) is 22.2 Å². The lowest BCUT2D eigenvalue weighted by atomic mass is 9.95. The Bertz CT molecular complexity index is 1060. The maximum absolute atomic E-state index is 12.5. The van der Waals surface area contributed by atoms with E-state index < -0.39 is 5.38 Å². The number of aromatic nitrogens is 1. The minimum atomic E-state index is -0.673. The van der Waals surface area contributed by atoms with Gasteiger partial charge < -0.3 is 9.47 Å². The minimum Gasteiger partial charge on any atom is -0.493 e. The number of anilines is 1. The summed E-state index contributed by atoms with van der Waals surface area (Å²) in [5.41, 5.74) is 5.49. The second-order valence-electron chi connectivity index (χ2n) is 6.30. The highest BCUT2D eigenvalue weighted by Gasteiger charge is 2.48. The van der Waals surface area contributed by atoms with Gasteiger partial charge in [-0.15, -0.1) is 11.6 Å². The largest absolute Gasteiger partial charge is 0.493 e. The van der Waals surface area contributed by atoms with E-state index in [4.69, 9.17) is 32.7 Å². The van der Waals surface area contributed by atoms with Crippen LogP contribution < -0.4 is 14.9 Å². The van der Waals surface area contributed by atoms with Gasteiger partial charge in [0, 0.05) is 16.6 Å². The number of hydrazine groups is 1. The van der Waals surface area contributed by atoms with Gasteiger partial charge >= 0.3 is 0 Å². The monoisotopic (exact) mass is 417 g/mol. The number of nitrogens with one attached hydrogen (secondary N) is 1. The second-order valence-corrected chi connectivity index (χ2v) is 7.21. The average Bonchev–Trinajstić information content (AvgIpc) is 2.72. The van der Waals surface area contributed by atoms with E-state index in [1.165, 1.54) is 5.01 Å². The van der Waals surface area contributed by atoms with E-state index in [-0.39, 0.29) is 11.9 Å². The van der Waals surface area contributed by atoms with Crippen LogP contribution in [-0.2, 0) is 4.79 Å². The van der Waals surface area contributed by atoms with Gasteiger partial charge in [0.2, 0.25) is 0 Å². The third kappa shape index (κ3) is 3.08. The van der Waals surface area contributed by atoms with Gasteiger partial charge in [-0.25, -0.2) is 5.01 Å². The molecule has 1 amide bonds. The Morgan fingerprint density at radius 2 is 1.86 bits per heavy atom. The summed E-state index contributed by atoms with van der Waals surface area (Å²) in [6, 6.07) is 12.3. The van der Waals surface area contributed by atoms with Crippen molar-refractivity contribution < 1.29 is 14.3 Å². The molecule has 1 aliphatic rings. The lowest BCUT2D eigenvalue weighted by Crippen LogP contribution is -2.58. The minimum absolute atomic E-state index is 0.208. The van der Waals surface area contributed by atoms with Crippen molar-refractivity contribution in [1.29, 1.82) is 0 Å². The topological polar surface area (TPSA) is 63.7 Å². The van der Waals surface area contributed by atoms with Gasteiger partial charge in [0.25, 0.3) is 5.91 Å². The molecule has 2 aromatic carbocycles.